The zero-order valence-corrected chi connectivity index (χ0v) is 11.9. The molecule has 82 valence electrons. The van der Waals surface area contributed by atoms with Gasteiger partial charge in [-0.15, -0.1) is 11.8 Å². The third kappa shape index (κ3) is 2.99. The Kier molecular flexibility index (Phi) is 4.67. The van der Waals surface area contributed by atoms with Gasteiger partial charge < -0.3 is 0 Å². The maximum Gasteiger partial charge on any atom is 0.119 e. The van der Waals surface area contributed by atoms with Crippen LogP contribution in [0.3, 0.4) is 0 Å². The number of benzene rings is 1. The van der Waals surface area contributed by atoms with Gasteiger partial charge in [0.1, 0.15) is 8.07 Å². The highest BCUT2D eigenvalue weighted by molar-refractivity contribution is 8.04. The molecule has 0 atom stereocenters. The van der Waals surface area contributed by atoms with E-state index in [0.29, 0.717) is 0 Å². The van der Waals surface area contributed by atoms with Crippen molar-refractivity contribution in [2.24, 2.45) is 0 Å². The monoisotopic (exact) mass is 236 g/mol. The minimum atomic E-state index is -1.41. The van der Waals surface area contributed by atoms with Crippen molar-refractivity contribution >= 4 is 25.0 Å². The topological polar surface area (TPSA) is 0 Å². The van der Waals surface area contributed by atoms with Gasteiger partial charge in [0.2, 0.25) is 0 Å². The SMILES string of the molecule is CC/C=C(\SC)[Si](C)(C)c1ccccc1. The minimum absolute atomic E-state index is 1.14. The van der Waals surface area contributed by atoms with Crippen LogP contribution in [0, 0.1) is 0 Å². The van der Waals surface area contributed by atoms with E-state index in [1.54, 1.807) is 4.53 Å². The second kappa shape index (κ2) is 5.57. The van der Waals surface area contributed by atoms with Crippen LogP contribution in [-0.2, 0) is 0 Å². The average molecular weight is 236 g/mol. The van der Waals surface area contributed by atoms with E-state index in [9.17, 15) is 0 Å². The standard InChI is InChI=1S/C13H20SSi/c1-5-9-13(14-2)15(3,4)12-10-7-6-8-11-12/h6-11H,5H2,1-4H3/b13-9+. The molecule has 0 heterocycles. The fraction of sp³-hybridized carbons (Fsp3) is 0.385. The first-order valence-corrected chi connectivity index (χ1v) is 9.65. The van der Waals surface area contributed by atoms with Crippen molar-refractivity contribution in [3.05, 3.63) is 40.9 Å². The van der Waals surface area contributed by atoms with Gasteiger partial charge in [0.15, 0.2) is 0 Å². The molecule has 0 unspecified atom stereocenters. The van der Waals surface area contributed by atoms with Crippen LogP contribution in [0.4, 0.5) is 0 Å². The predicted molar refractivity (Wildman–Crippen MR) is 75.4 cm³/mol. The lowest BCUT2D eigenvalue weighted by Gasteiger charge is -2.25. The van der Waals surface area contributed by atoms with Crippen molar-refractivity contribution in [3.8, 4) is 0 Å². The molecule has 2 heteroatoms. The zero-order chi connectivity index (χ0) is 11.3. The van der Waals surface area contributed by atoms with E-state index >= 15 is 0 Å². The van der Waals surface area contributed by atoms with E-state index in [4.69, 9.17) is 0 Å². The summed E-state index contributed by atoms with van der Waals surface area (Å²) in [5.41, 5.74) is 0. The first kappa shape index (κ1) is 12.6. The van der Waals surface area contributed by atoms with Crippen molar-refractivity contribution in [3.63, 3.8) is 0 Å². The molecule has 0 bridgehead atoms. The third-order valence-corrected chi connectivity index (χ3v) is 8.68. The van der Waals surface area contributed by atoms with Crippen LogP contribution in [0.15, 0.2) is 40.9 Å². The Bertz CT molecular complexity index is 328. The van der Waals surface area contributed by atoms with Crippen LogP contribution < -0.4 is 5.19 Å². The molecule has 0 radical (unpaired) electrons. The second-order valence-corrected chi connectivity index (χ2v) is 9.75. The van der Waals surface area contributed by atoms with Crippen LogP contribution in [0.2, 0.25) is 13.1 Å². The van der Waals surface area contributed by atoms with Gasteiger partial charge in [0.05, 0.1) is 0 Å². The van der Waals surface area contributed by atoms with E-state index in [0.717, 1.165) is 6.42 Å². The Balaban J connectivity index is 3.06. The third-order valence-electron chi connectivity index (χ3n) is 2.72. The fourth-order valence-corrected chi connectivity index (χ4v) is 6.53. The van der Waals surface area contributed by atoms with Gasteiger partial charge in [0.25, 0.3) is 0 Å². The Morgan fingerprint density at radius 1 is 1.27 bits per heavy atom. The van der Waals surface area contributed by atoms with Gasteiger partial charge >= 0.3 is 0 Å². The number of allylic oxidation sites excluding steroid dienone is 1. The molecular weight excluding hydrogens is 216 g/mol. The highest BCUT2D eigenvalue weighted by Gasteiger charge is 2.27. The van der Waals surface area contributed by atoms with Gasteiger partial charge in [-0.25, -0.2) is 0 Å². The summed E-state index contributed by atoms with van der Waals surface area (Å²) in [6.07, 6.45) is 5.72. The molecule has 0 fully saturated rings. The summed E-state index contributed by atoms with van der Waals surface area (Å²) in [6, 6.07) is 10.9. The van der Waals surface area contributed by atoms with E-state index in [-0.39, 0.29) is 0 Å². The summed E-state index contributed by atoms with van der Waals surface area (Å²) in [5.74, 6) is 0. The van der Waals surface area contributed by atoms with Crippen molar-refractivity contribution in [2.75, 3.05) is 6.26 Å². The zero-order valence-electron chi connectivity index (χ0n) is 10.1. The lowest BCUT2D eigenvalue weighted by atomic mass is 10.4. The Morgan fingerprint density at radius 3 is 2.33 bits per heavy atom. The normalized spacial score (nSPS) is 12.9. The van der Waals surface area contributed by atoms with Crippen molar-refractivity contribution in [2.45, 2.75) is 26.4 Å². The van der Waals surface area contributed by atoms with E-state index < -0.39 is 8.07 Å². The predicted octanol–water partition coefficient (Wildman–Crippen LogP) is 3.80. The molecule has 0 amide bonds. The van der Waals surface area contributed by atoms with E-state index in [1.807, 2.05) is 11.8 Å². The Hall–Kier alpha value is -0.473. The quantitative estimate of drug-likeness (QED) is 0.717. The molecule has 15 heavy (non-hydrogen) atoms. The van der Waals surface area contributed by atoms with Crippen molar-refractivity contribution in [1.29, 1.82) is 0 Å². The lowest BCUT2D eigenvalue weighted by Crippen LogP contribution is -2.42. The number of rotatable bonds is 4. The molecule has 0 saturated heterocycles. The molecule has 1 rings (SSSR count). The highest BCUT2D eigenvalue weighted by Crippen LogP contribution is 2.24. The van der Waals surface area contributed by atoms with Gasteiger partial charge in [0, 0.05) is 0 Å². The molecule has 1 aromatic carbocycles. The van der Waals surface area contributed by atoms with Crippen LogP contribution >= 0.6 is 11.8 Å². The molecule has 0 aliphatic rings. The van der Waals surface area contributed by atoms with Crippen LogP contribution in [-0.4, -0.2) is 14.3 Å². The molecule has 0 N–H and O–H groups in total. The molecule has 0 nitrogen and oxygen atoms in total. The van der Waals surface area contributed by atoms with Gasteiger partial charge in [-0.1, -0.05) is 61.6 Å². The average Bonchev–Trinajstić information content (AvgIpc) is 2.27. The van der Waals surface area contributed by atoms with Gasteiger partial charge in [-0.3, -0.25) is 0 Å². The van der Waals surface area contributed by atoms with Gasteiger partial charge in [-0.05, 0) is 17.2 Å². The van der Waals surface area contributed by atoms with Crippen molar-refractivity contribution < 1.29 is 0 Å². The summed E-state index contributed by atoms with van der Waals surface area (Å²) in [7, 11) is -1.41. The fourth-order valence-electron chi connectivity index (χ4n) is 1.78. The molecule has 0 spiro atoms. The maximum atomic E-state index is 2.43. The number of hydrogen-bond donors (Lipinski definition) is 0. The number of hydrogen-bond acceptors (Lipinski definition) is 1. The van der Waals surface area contributed by atoms with E-state index in [1.165, 1.54) is 5.19 Å². The van der Waals surface area contributed by atoms with E-state index in [2.05, 4.69) is 62.7 Å². The largest absolute Gasteiger partial charge is 0.139 e. The number of thioether (sulfide) groups is 1. The van der Waals surface area contributed by atoms with Crippen molar-refractivity contribution in [1.82, 2.24) is 0 Å². The van der Waals surface area contributed by atoms with Crippen LogP contribution in [0.25, 0.3) is 0 Å². The molecule has 0 aromatic heterocycles. The van der Waals surface area contributed by atoms with Gasteiger partial charge in [-0.2, -0.15) is 0 Å². The summed E-state index contributed by atoms with van der Waals surface area (Å²) >= 11 is 1.92. The smallest absolute Gasteiger partial charge is 0.119 e. The minimum Gasteiger partial charge on any atom is -0.139 e. The molecule has 0 aliphatic carbocycles. The maximum absolute atomic E-state index is 2.43. The highest BCUT2D eigenvalue weighted by atomic mass is 32.2. The summed E-state index contributed by atoms with van der Waals surface area (Å²) in [5, 5.41) is 1.53. The molecule has 1 aromatic rings. The van der Waals surface area contributed by atoms with Crippen LogP contribution in [0.5, 0.6) is 0 Å². The molecular formula is C13H20SSi. The molecule has 0 saturated carbocycles. The lowest BCUT2D eigenvalue weighted by molar-refractivity contribution is 1.22. The Labute approximate surface area is 98.8 Å². The Morgan fingerprint density at radius 2 is 1.87 bits per heavy atom. The van der Waals surface area contributed by atoms with Crippen LogP contribution in [0.1, 0.15) is 13.3 Å². The summed E-state index contributed by atoms with van der Waals surface area (Å²) in [6.45, 7) is 7.08. The second-order valence-electron chi connectivity index (χ2n) is 4.17. The first-order chi connectivity index (χ1) is 7.12. The summed E-state index contributed by atoms with van der Waals surface area (Å²) in [4.78, 5) is 0. The summed E-state index contributed by atoms with van der Waals surface area (Å²) < 4.78 is 1.59. The first-order valence-electron chi connectivity index (χ1n) is 5.43. The molecule has 0 aliphatic heterocycles.